The Hall–Kier alpha value is -1.16. The number of nitrogens with one attached hydrogen (secondary N) is 1. The third-order valence-electron chi connectivity index (χ3n) is 4.16. The number of nitrogens with zero attached hydrogens (tertiary/aromatic N) is 2. The highest BCUT2D eigenvalue weighted by Gasteiger charge is 2.14. The van der Waals surface area contributed by atoms with Crippen LogP contribution in [0.3, 0.4) is 0 Å². The summed E-state index contributed by atoms with van der Waals surface area (Å²) < 4.78 is 2.86. The average Bonchev–Trinajstić information content (AvgIpc) is 3.25. The Morgan fingerprint density at radius 3 is 2.83 bits per heavy atom. The molecule has 0 spiro atoms. The van der Waals surface area contributed by atoms with Gasteiger partial charge in [0.25, 0.3) is 0 Å². The van der Waals surface area contributed by atoms with Gasteiger partial charge in [-0.05, 0) is 48.9 Å². The Morgan fingerprint density at radius 2 is 2.00 bits per heavy atom. The van der Waals surface area contributed by atoms with Crippen LogP contribution in [0.5, 0.6) is 0 Å². The molecule has 0 fully saturated rings. The maximum absolute atomic E-state index is 12.4. The second kappa shape index (κ2) is 9.54. The molecule has 4 aromatic rings. The highest BCUT2D eigenvalue weighted by atomic mass is 79.9. The van der Waals surface area contributed by atoms with Gasteiger partial charge in [-0.3, -0.25) is 4.79 Å². The van der Waals surface area contributed by atoms with E-state index in [0.717, 1.165) is 35.2 Å². The molecule has 0 unspecified atom stereocenters. The van der Waals surface area contributed by atoms with Gasteiger partial charge in [0.15, 0.2) is 9.47 Å². The zero-order chi connectivity index (χ0) is 21.3. The van der Waals surface area contributed by atoms with Gasteiger partial charge in [-0.15, -0.1) is 11.3 Å². The zero-order valence-corrected chi connectivity index (χ0v) is 21.1. The Labute approximate surface area is 204 Å². The summed E-state index contributed by atoms with van der Waals surface area (Å²) in [5.74, 6) is 0.162. The van der Waals surface area contributed by atoms with Crippen molar-refractivity contribution in [3.63, 3.8) is 0 Å². The van der Waals surface area contributed by atoms with Crippen LogP contribution in [-0.4, -0.2) is 21.6 Å². The second-order valence-corrected chi connectivity index (χ2v) is 11.5. The lowest BCUT2D eigenvalue weighted by molar-refractivity contribution is -0.113. The topological polar surface area (TPSA) is 54.9 Å². The number of thioether (sulfide) groups is 1. The number of thiazole rings is 2. The summed E-state index contributed by atoms with van der Waals surface area (Å²) in [7, 11) is 0. The largest absolute Gasteiger partial charge is 0.301 e. The SMILES string of the molecule is Cc1nc(SCC(=O)Nc2nc3ccc(Br)cc3s2)sc1Cc1cc(Cl)ccc1Cl. The number of halogens is 3. The molecule has 4 nitrogen and oxygen atoms in total. The van der Waals surface area contributed by atoms with Gasteiger partial charge in [-0.1, -0.05) is 62.2 Å². The number of anilines is 1. The van der Waals surface area contributed by atoms with E-state index in [2.05, 4.69) is 31.2 Å². The van der Waals surface area contributed by atoms with Crippen molar-refractivity contribution in [2.45, 2.75) is 17.7 Å². The molecule has 1 amide bonds. The van der Waals surface area contributed by atoms with Crippen LogP contribution in [0.4, 0.5) is 5.13 Å². The van der Waals surface area contributed by atoms with Gasteiger partial charge in [0.05, 0.1) is 21.7 Å². The molecule has 2 aromatic carbocycles. The minimum absolute atomic E-state index is 0.106. The van der Waals surface area contributed by atoms with Gasteiger partial charge < -0.3 is 5.32 Å². The second-order valence-electron chi connectivity index (χ2n) is 6.37. The fourth-order valence-corrected chi connectivity index (χ4v) is 6.58. The van der Waals surface area contributed by atoms with Crippen molar-refractivity contribution in [2.24, 2.45) is 0 Å². The zero-order valence-electron chi connectivity index (χ0n) is 15.5. The number of fused-ring (bicyclic) bond motifs is 1. The maximum atomic E-state index is 12.4. The van der Waals surface area contributed by atoms with E-state index in [9.17, 15) is 4.79 Å². The van der Waals surface area contributed by atoms with Crippen LogP contribution in [0, 0.1) is 6.92 Å². The minimum Gasteiger partial charge on any atom is -0.301 e. The van der Waals surface area contributed by atoms with Crippen molar-refractivity contribution >= 4 is 94.8 Å². The van der Waals surface area contributed by atoms with E-state index < -0.39 is 0 Å². The van der Waals surface area contributed by atoms with Crippen LogP contribution < -0.4 is 5.32 Å². The molecule has 0 bridgehead atoms. The van der Waals surface area contributed by atoms with Crippen molar-refractivity contribution in [2.75, 3.05) is 11.1 Å². The number of carbonyl (C=O) groups excluding carboxylic acids is 1. The van der Waals surface area contributed by atoms with Crippen LogP contribution in [-0.2, 0) is 11.2 Å². The number of benzene rings is 2. The van der Waals surface area contributed by atoms with E-state index in [0.29, 0.717) is 21.6 Å². The number of hydrogen-bond donors (Lipinski definition) is 1. The highest BCUT2D eigenvalue weighted by Crippen LogP contribution is 2.32. The predicted octanol–water partition coefficient (Wildman–Crippen LogP) is 7.45. The molecule has 0 saturated heterocycles. The van der Waals surface area contributed by atoms with Crippen molar-refractivity contribution in [3.05, 3.63) is 67.1 Å². The lowest BCUT2D eigenvalue weighted by Gasteiger charge is -2.03. The first kappa shape index (κ1) is 22.0. The normalized spacial score (nSPS) is 11.2. The Morgan fingerprint density at radius 1 is 1.17 bits per heavy atom. The van der Waals surface area contributed by atoms with Gasteiger partial charge in [0.2, 0.25) is 5.91 Å². The van der Waals surface area contributed by atoms with Gasteiger partial charge in [0, 0.05) is 25.8 Å². The van der Waals surface area contributed by atoms with E-state index in [1.54, 1.807) is 23.5 Å². The summed E-state index contributed by atoms with van der Waals surface area (Å²) in [6.45, 7) is 1.97. The molecule has 2 heterocycles. The number of rotatable bonds is 6. The van der Waals surface area contributed by atoms with Crippen LogP contribution >= 0.6 is 73.6 Å². The van der Waals surface area contributed by atoms with Gasteiger partial charge in [-0.25, -0.2) is 9.97 Å². The van der Waals surface area contributed by atoms with E-state index >= 15 is 0 Å². The number of amides is 1. The summed E-state index contributed by atoms with van der Waals surface area (Å²) >= 11 is 20.3. The van der Waals surface area contributed by atoms with E-state index in [1.807, 2.05) is 31.2 Å². The van der Waals surface area contributed by atoms with Gasteiger partial charge in [0.1, 0.15) is 0 Å². The minimum atomic E-state index is -0.106. The highest BCUT2D eigenvalue weighted by molar-refractivity contribution is 9.10. The standard InChI is InChI=1S/C20H14BrCl2N3OS3/c1-10-16(7-11-6-13(22)3-4-14(11)23)30-20(24-10)28-9-18(27)26-19-25-15-5-2-12(21)8-17(15)29-19/h2-6,8H,7,9H2,1H3,(H,25,26,27). The van der Waals surface area contributed by atoms with Crippen LogP contribution in [0.2, 0.25) is 10.0 Å². The molecular weight excluding hydrogens is 545 g/mol. The van der Waals surface area contributed by atoms with Crippen LogP contribution in [0.15, 0.2) is 45.2 Å². The number of hydrogen-bond acceptors (Lipinski definition) is 6. The summed E-state index contributed by atoms with van der Waals surface area (Å²) in [5.41, 5.74) is 2.77. The number of aromatic nitrogens is 2. The summed E-state index contributed by atoms with van der Waals surface area (Å²) in [4.78, 5) is 22.5. The Bertz CT molecular complexity index is 1240. The van der Waals surface area contributed by atoms with E-state index in [4.69, 9.17) is 23.2 Å². The van der Waals surface area contributed by atoms with Gasteiger partial charge >= 0.3 is 0 Å². The van der Waals surface area contributed by atoms with Crippen LogP contribution in [0.1, 0.15) is 16.1 Å². The molecular formula is C20H14BrCl2N3OS3. The van der Waals surface area contributed by atoms with Crippen molar-refractivity contribution in [1.29, 1.82) is 0 Å². The smallest absolute Gasteiger partial charge is 0.236 e. The molecule has 4 rings (SSSR count). The van der Waals surface area contributed by atoms with Crippen molar-refractivity contribution in [1.82, 2.24) is 9.97 Å². The number of carbonyl (C=O) groups is 1. The quantitative estimate of drug-likeness (QED) is 0.250. The third-order valence-corrected chi connectivity index (χ3v) is 8.49. The molecule has 1 N–H and O–H groups in total. The van der Waals surface area contributed by atoms with Crippen LogP contribution in [0.25, 0.3) is 10.2 Å². The number of aryl methyl sites for hydroxylation is 1. The lowest BCUT2D eigenvalue weighted by Crippen LogP contribution is -2.13. The maximum Gasteiger partial charge on any atom is 0.236 e. The van der Waals surface area contributed by atoms with Crippen molar-refractivity contribution in [3.8, 4) is 0 Å². The first-order chi connectivity index (χ1) is 14.4. The molecule has 30 heavy (non-hydrogen) atoms. The first-order valence-corrected chi connectivity index (χ1v) is 12.9. The molecule has 154 valence electrons. The predicted molar refractivity (Wildman–Crippen MR) is 133 cm³/mol. The third kappa shape index (κ3) is 5.36. The molecule has 0 radical (unpaired) electrons. The molecule has 0 aliphatic carbocycles. The lowest BCUT2D eigenvalue weighted by atomic mass is 10.1. The molecule has 0 aliphatic heterocycles. The Kier molecular flexibility index (Phi) is 7.01. The molecule has 2 aromatic heterocycles. The van der Waals surface area contributed by atoms with Gasteiger partial charge in [-0.2, -0.15) is 0 Å². The Balaban J connectivity index is 1.38. The van der Waals surface area contributed by atoms with E-state index in [-0.39, 0.29) is 11.7 Å². The molecule has 0 saturated carbocycles. The van der Waals surface area contributed by atoms with E-state index in [1.165, 1.54) is 23.1 Å². The monoisotopic (exact) mass is 557 g/mol. The first-order valence-electron chi connectivity index (χ1n) is 8.76. The summed E-state index contributed by atoms with van der Waals surface area (Å²) in [6, 6.07) is 11.3. The molecule has 0 atom stereocenters. The fraction of sp³-hybridized carbons (Fsp3) is 0.150. The average molecular weight is 559 g/mol. The molecule has 10 heteroatoms. The fourth-order valence-electron chi connectivity index (χ4n) is 2.71. The summed E-state index contributed by atoms with van der Waals surface area (Å²) in [5, 5.41) is 4.81. The molecule has 0 aliphatic rings. The van der Waals surface area contributed by atoms with Crippen molar-refractivity contribution < 1.29 is 4.79 Å². The summed E-state index contributed by atoms with van der Waals surface area (Å²) in [6.07, 6.45) is 0.664.